The predicted molar refractivity (Wildman–Crippen MR) is 101 cm³/mol. The second kappa shape index (κ2) is 6.56. The van der Waals surface area contributed by atoms with Crippen molar-refractivity contribution < 1.29 is 19.2 Å². The Labute approximate surface area is 168 Å². The smallest absolute Gasteiger partial charge is 0.246 e. The summed E-state index contributed by atoms with van der Waals surface area (Å²) in [5, 5.41) is 0. The fourth-order valence-electron chi connectivity index (χ4n) is 3.21. The maximum absolute atomic E-state index is 12.3. The van der Waals surface area contributed by atoms with Gasteiger partial charge in [-0.05, 0) is 25.0 Å². The standard InChI is InChI=1S/C18H18Br2N2O4/c1-17(19)7-13(23)21(15(17)25)9-11-4-3-5-12(6-11)10-22-14(24)8-18(2,20)16(22)26/h3-6H,7-10H2,1-2H3. The highest BCUT2D eigenvalue weighted by Crippen LogP contribution is 2.34. The first-order valence-electron chi connectivity index (χ1n) is 8.16. The SMILES string of the molecule is CC1(Br)CC(=O)N(Cc2cccc(CN3C(=O)CC(C)(Br)C3=O)c2)C1=O. The van der Waals surface area contributed by atoms with Gasteiger partial charge in [0.1, 0.15) is 8.65 Å². The summed E-state index contributed by atoms with van der Waals surface area (Å²) in [5.41, 5.74) is 1.55. The van der Waals surface area contributed by atoms with Crippen molar-refractivity contribution in [2.45, 2.75) is 48.4 Å². The van der Waals surface area contributed by atoms with Crippen LogP contribution >= 0.6 is 31.9 Å². The third kappa shape index (κ3) is 3.49. The maximum atomic E-state index is 12.3. The van der Waals surface area contributed by atoms with Crippen LogP contribution in [0.25, 0.3) is 0 Å². The number of halogens is 2. The van der Waals surface area contributed by atoms with E-state index in [1.54, 1.807) is 19.9 Å². The number of nitrogens with zero attached hydrogens (tertiary/aromatic N) is 2. The zero-order valence-electron chi connectivity index (χ0n) is 14.4. The number of carbonyl (C=O) groups excluding carboxylic acids is 4. The molecule has 4 amide bonds. The number of hydrogen-bond donors (Lipinski definition) is 0. The first-order valence-corrected chi connectivity index (χ1v) is 9.75. The highest BCUT2D eigenvalue weighted by molar-refractivity contribution is 9.10. The minimum absolute atomic E-state index is 0.131. The molecule has 1 aromatic carbocycles. The molecule has 2 fully saturated rings. The normalized spacial score (nSPS) is 29.2. The van der Waals surface area contributed by atoms with Crippen molar-refractivity contribution in [3.05, 3.63) is 35.4 Å². The van der Waals surface area contributed by atoms with Crippen LogP contribution in [0.3, 0.4) is 0 Å². The number of benzene rings is 1. The third-order valence-electron chi connectivity index (χ3n) is 4.62. The summed E-state index contributed by atoms with van der Waals surface area (Å²) in [6.45, 7) is 3.71. The molecule has 8 heteroatoms. The number of carbonyl (C=O) groups is 4. The van der Waals surface area contributed by atoms with Gasteiger partial charge in [0.25, 0.3) is 0 Å². The summed E-state index contributed by atoms with van der Waals surface area (Å²) >= 11 is 6.60. The average molecular weight is 486 g/mol. The Morgan fingerprint density at radius 3 is 1.54 bits per heavy atom. The van der Waals surface area contributed by atoms with Gasteiger partial charge in [-0.15, -0.1) is 0 Å². The minimum atomic E-state index is -0.851. The highest BCUT2D eigenvalue weighted by Gasteiger charge is 2.47. The molecular weight excluding hydrogens is 468 g/mol. The van der Waals surface area contributed by atoms with Gasteiger partial charge in [0.2, 0.25) is 23.6 Å². The molecule has 0 N–H and O–H groups in total. The van der Waals surface area contributed by atoms with Gasteiger partial charge in [0.15, 0.2) is 0 Å². The van der Waals surface area contributed by atoms with Crippen LogP contribution in [0.15, 0.2) is 24.3 Å². The highest BCUT2D eigenvalue weighted by atomic mass is 79.9. The van der Waals surface area contributed by atoms with Gasteiger partial charge in [-0.2, -0.15) is 0 Å². The average Bonchev–Trinajstić information content (AvgIpc) is 2.85. The number of alkyl halides is 2. The van der Waals surface area contributed by atoms with E-state index in [1.165, 1.54) is 9.80 Å². The third-order valence-corrected chi connectivity index (χ3v) is 5.86. The van der Waals surface area contributed by atoms with Crippen molar-refractivity contribution in [1.82, 2.24) is 9.80 Å². The quantitative estimate of drug-likeness (QED) is 0.485. The van der Waals surface area contributed by atoms with Crippen molar-refractivity contribution in [3.63, 3.8) is 0 Å². The van der Waals surface area contributed by atoms with Gasteiger partial charge in [0, 0.05) is 0 Å². The Morgan fingerprint density at radius 1 is 0.846 bits per heavy atom. The fraction of sp³-hybridized carbons (Fsp3) is 0.444. The summed E-state index contributed by atoms with van der Waals surface area (Å²) in [7, 11) is 0. The molecule has 2 heterocycles. The van der Waals surface area contributed by atoms with Gasteiger partial charge >= 0.3 is 0 Å². The fourth-order valence-corrected chi connectivity index (χ4v) is 4.12. The van der Waals surface area contributed by atoms with Gasteiger partial charge < -0.3 is 0 Å². The monoisotopic (exact) mass is 484 g/mol. The molecule has 2 saturated heterocycles. The topological polar surface area (TPSA) is 74.8 Å². The minimum Gasteiger partial charge on any atom is -0.277 e. The van der Waals surface area contributed by atoms with E-state index in [4.69, 9.17) is 0 Å². The van der Waals surface area contributed by atoms with Crippen LogP contribution in [0, 0.1) is 0 Å². The lowest BCUT2D eigenvalue weighted by Gasteiger charge is -2.19. The summed E-state index contributed by atoms with van der Waals surface area (Å²) in [6.07, 6.45) is 0.262. The first kappa shape index (κ1) is 19.2. The summed E-state index contributed by atoms with van der Waals surface area (Å²) in [4.78, 5) is 51.3. The van der Waals surface area contributed by atoms with Gasteiger partial charge in [0.05, 0.1) is 25.9 Å². The van der Waals surface area contributed by atoms with Crippen LogP contribution < -0.4 is 0 Å². The molecule has 2 unspecified atom stereocenters. The lowest BCUT2D eigenvalue weighted by Crippen LogP contribution is -2.34. The van der Waals surface area contributed by atoms with Gasteiger partial charge in [-0.3, -0.25) is 29.0 Å². The van der Waals surface area contributed by atoms with Crippen LogP contribution in [0.5, 0.6) is 0 Å². The number of likely N-dealkylation sites (tertiary alicyclic amines) is 2. The first-order chi connectivity index (χ1) is 12.0. The van der Waals surface area contributed by atoms with E-state index in [2.05, 4.69) is 31.9 Å². The largest absolute Gasteiger partial charge is 0.277 e. The number of amides is 4. The molecule has 6 nitrogen and oxygen atoms in total. The van der Waals surface area contributed by atoms with Crippen molar-refractivity contribution in [2.75, 3.05) is 0 Å². The summed E-state index contributed by atoms with van der Waals surface area (Å²) < 4.78 is -1.70. The van der Waals surface area contributed by atoms with Crippen LogP contribution in [0.2, 0.25) is 0 Å². The van der Waals surface area contributed by atoms with Crippen molar-refractivity contribution in [2.24, 2.45) is 0 Å². The van der Waals surface area contributed by atoms with Crippen LogP contribution in [0.4, 0.5) is 0 Å². The number of imide groups is 2. The molecule has 0 aliphatic carbocycles. The van der Waals surface area contributed by atoms with E-state index >= 15 is 0 Å². The summed E-state index contributed by atoms with van der Waals surface area (Å²) in [6, 6.07) is 7.24. The Balaban J connectivity index is 1.76. The molecular formula is C18H18Br2N2O4. The van der Waals surface area contributed by atoms with Crippen LogP contribution in [-0.4, -0.2) is 42.1 Å². The molecule has 2 aliphatic heterocycles. The molecule has 0 spiro atoms. The molecule has 0 radical (unpaired) electrons. The van der Waals surface area contributed by atoms with Crippen molar-refractivity contribution in [3.8, 4) is 0 Å². The lowest BCUT2D eigenvalue weighted by molar-refractivity contribution is -0.140. The Hall–Kier alpha value is -1.54. The number of rotatable bonds is 4. The van der Waals surface area contributed by atoms with E-state index in [0.29, 0.717) is 0 Å². The Bertz CT molecular complexity index is 756. The van der Waals surface area contributed by atoms with Crippen molar-refractivity contribution in [1.29, 1.82) is 0 Å². The Morgan fingerprint density at radius 2 is 1.23 bits per heavy atom. The van der Waals surface area contributed by atoms with Gasteiger partial charge in [-0.25, -0.2) is 0 Å². The van der Waals surface area contributed by atoms with Gasteiger partial charge in [-0.1, -0.05) is 56.1 Å². The zero-order chi connectivity index (χ0) is 19.3. The van der Waals surface area contributed by atoms with E-state index in [9.17, 15) is 19.2 Å². The molecule has 138 valence electrons. The molecule has 2 aliphatic rings. The summed E-state index contributed by atoms with van der Waals surface area (Å²) in [5.74, 6) is -0.958. The predicted octanol–water partition coefficient (Wildman–Crippen LogP) is 2.51. The molecule has 3 rings (SSSR count). The van der Waals surface area contributed by atoms with E-state index in [-0.39, 0.29) is 49.6 Å². The molecule has 0 bridgehead atoms. The van der Waals surface area contributed by atoms with Crippen LogP contribution in [-0.2, 0) is 32.3 Å². The molecule has 0 saturated carbocycles. The number of hydrogen-bond acceptors (Lipinski definition) is 4. The molecule has 1 aromatic rings. The Kier molecular flexibility index (Phi) is 4.85. The van der Waals surface area contributed by atoms with Crippen molar-refractivity contribution >= 4 is 55.5 Å². The maximum Gasteiger partial charge on any atom is 0.246 e. The molecule has 2 atom stereocenters. The lowest BCUT2D eigenvalue weighted by atomic mass is 10.1. The van der Waals surface area contributed by atoms with E-state index < -0.39 is 8.65 Å². The van der Waals surface area contributed by atoms with E-state index in [0.717, 1.165) is 11.1 Å². The van der Waals surface area contributed by atoms with E-state index in [1.807, 2.05) is 18.2 Å². The molecule has 26 heavy (non-hydrogen) atoms. The zero-order valence-corrected chi connectivity index (χ0v) is 17.6. The second-order valence-corrected chi connectivity index (χ2v) is 10.6. The second-order valence-electron chi connectivity index (χ2n) is 7.14. The molecule has 0 aromatic heterocycles. The van der Waals surface area contributed by atoms with Crippen LogP contribution in [0.1, 0.15) is 37.8 Å².